The van der Waals surface area contributed by atoms with E-state index in [1.54, 1.807) is 4.68 Å². The molecule has 6 nitrogen and oxygen atoms in total. The van der Waals surface area contributed by atoms with Gasteiger partial charge >= 0.3 is 0 Å². The normalized spacial score (nSPS) is 25.9. The Balaban J connectivity index is 1.65. The van der Waals surface area contributed by atoms with Crippen molar-refractivity contribution in [3.8, 4) is 0 Å². The van der Waals surface area contributed by atoms with Crippen molar-refractivity contribution in [1.82, 2.24) is 20.3 Å². The molecule has 2 aliphatic rings. The van der Waals surface area contributed by atoms with Crippen molar-refractivity contribution in [3.05, 3.63) is 5.69 Å². The number of carbonyl (C=O) groups excluding carboxylic acids is 1. The Hall–Kier alpha value is -1.59. The minimum absolute atomic E-state index is 0.0803. The summed E-state index contributed by atoms with van der Waals surface area (Å²) >= 11 is 0. The smallest absolute Gasteiger partial charge is 0.229 e. The Morgan fingerprint density at radius 1 is 1.38 bits per heavy atom. The summed E-state index contributed by atoms with van der Waals surface area (Å²) in [5.41, 5.74) is 1.37. The molecule has 0 bridgehead atoms. The minimum atomic E-state index is -0.181. The summed E-state index contributed by atoms with van der Waals surface area (Å²) in [6.45, 7) is 10.6. The SMILES string of the molecule is Cn1nnc2c1NCCC2C(=O)NCC1C(C)(C)C1(C)C. The lowest BCUT2D eigenvalue weighted by Gasteiger charge is -2.22. The highest BCUT2D eigenvalue weighted by Crippen LogP contribution is 2.67. The van der Waals surface area contributed by atoms with Crippen LogP contribution in [0.25, 0.3) is 0 Å². The summed E-state index contributed by atoms with van der Waals surface area (Å²) in [6, 6.07) is 0. The lowest BCUT2D eigenvalue weighted by atomic mass is 9.97. The van der Waals surface area contributed by atoms with E-state index in [1.165, 1.54) is 0 Å². The number of hydrogen-bond acceptors (Lipinski definition) is 4. The van der Waals surface area contributed by atoms with Crippen LogP contribution >= 0.6 is 0 Å². The fourth-order valence-electron chi connectivity index (χ4n) is 3.71. The second kappa shape index (κ2) is 4.45. The van der Waals surface area contributed by atoms with Gasteiger partial charge in [0, 0.05) is 20.1 Å². The maximum absolute atomic E-state index is 12.5. The molecule has 1 aliphatic heterocycles. The molecule has 0 saturated heterocycles. The Kier molecular flexibility index (Phi) is 3.04. The number of anilines is 1. The molecule has 21 heavy (non-hydrogen) atoms. The van der Waals surface area contributed by atoms with Crippen molar-refractivity contribution in [3.63, 3.8) is 0 Å². The summed E-state index contributed by atoms with van der Waals surface area (Å²) in [7, 11) is 1.84. The Morgan fingerprint density at radius 2 is 2.05 bits per heavy atom. The zero-order valence-electron chi connectivity index (χ0n) is 13.5. The van der Waals surface area contributed by atoms with Crippen LogP contribution in [0.2, 0.25) is 0 Å². The van der Waals surface area contributed by atoms with Crippen molar-refractivity contribution >= 4 is 11.7 Å². The molecule has 1 fully saturated rings. The molecule has 2 N–H and O–H groups in total. The Labute approximate surface area is 125 Å². The number of nitrogens with one attached hydrogen (secondary N) is 2. The van der Waals surface area contributed by atoms with Crippen LogP contribution in [0.1, 0.15) is 45.7 Å². The van der Waals surface area contributed by atoms with Crippen LogP contribution in [0, 0.1) is 16.7 Å². The Bertz CT molecular complexity index is 561. The average Bonchev–Trinajstić information content (AvgIpc) is 2.72. The number of hydrogen-bond donors (Lipinski definition) is 2. The summed E-state index contributed by atoms with van der Waals surface area (Å²) in [5, 5.41) is 14.5. The molecule has 1 amide bonds. The highest BCUT2D eigenvalue weighted by atomic mass is 16.1. The van der Waals surface area contributed by atoms with Gasteiger partial charge in [-0.15, -0.1) is 5.10 Å². The first kappa shape index (κ1) is 14.4. The van der Waals surface area contributed by atoms with Gasteiger partial charge < -0.3 is 10.6 Å². The van der Waals surface area contributed by atoms with Crippen LogP contribution in [-0.2, 0) is 11.8 Å². The van der Waals surface area contributed by atoms with Gasteiger partial charge in [0.2, 0.25) is 5.91 Å². The summed E-state index contributed by atoms with van der Waals surface area (Å²) in [6.07, 6.45) is 0.773. The second-order valence-electron chi connectivity index (χ2n) is 7.46. The van der Waals surface area contributed by atoms with Gasteiger partial charge in [-0.3, -0.25) is 4.79 Å². The van der Waals surface area contributed by atoms with Gasteiger partial charge in [-0.05, 0) is 23.2 Å². The van der Waals surface area contributed by atoms with Crippen LogP contribution in [-0.4, -0.2) is 34.0 Å². The van der Waals surface area contributed by atoms with E-state index < -0.39 is 0 Å². The van der Waals surface area contributed by atoms with Gasteiger partial charge in [0.15, 0.2) is 0 Å². The number of fused-ring (bicyclic) bond motifs is 1. The maximum Gasteiger partial charge on any atom is 0.229 e. The number of nitrogens with zero attached hydrogens (tertiary/aromatic N) is 3. The molecule has 0 radical (unpaired) electrons. The van der Waals surface area contributed by atoms with Crippen molar-refractivity contribution in [2.45, 2.75) is 40.0 Å². The van der Waals surface area contributed by atoms with Crippen LogP contribution in [0.15, 0.2) is 0 Å². The molecule has 1 saturated carbocycles. The van der Waals surface area contributed by atoms with E-state index in [1.807, 2.05) is 7.05 Å². The van der Waals surface area contributed by atoms with Gasteiger partial charge in [0.05, 0.1) is 5.92 Å². The quantitative estimate of drug-likeness (QED) is 0.885. The van der Waals surface area contributed by atoms with Crippen LogP contribution < -0.4 is 10.6 Å². The summed E-state index contributed by atoms with van der Waals surface area (Å²) in [4.78, 5) is 12.5. The van der Waals surface area contributed by atoms with Crippen molar-refractivity contribution in [2.75, 3.05) is 18.4 Å². The fraction of sp³-hybridized carbons (Fsp3) is 0.800. The van der Waals surface area contributed by atoms with E-state index in [0.717, 1.165) is 31.0 Å². The number of carbonyl (C=O) groups is 1. The summed E-state index contributed by atoms with van der Waals surface area (Å²) < 4.78 is 1.70. The fourth-order valence-corrected chi connectivity index (χ4v) is 3.71. The molecule has 0 aromatic carbocycles. The van der Waals surface area contributed by atoms with Gasteiger partial charge in [-0.25, -0.2) is 4.68 Å². The van der Waals surface area contributed by atoms with Gasteiger partial charge in [-0.2, -0.15) is 0 Å². The molecular formula is C15H25N5O. The van der Waals surface area contributed by atoms with Gasteiger partial charge in [0.1, 0.15) is 11.5 Å². The zero-order valence-corrected chi connectivity index (χ0v) is 13.5. The van der Waals surface area contributed by atoms with Crippen molar-refractivity contribution in [2.24, 2.45) is 23.8 Å². The molecule has 1 unspecified atom stereocenters. The number of aromatic nitrogens is 3. The first-order valence-corrected chi connectivity index (χ1v) is 7.68. The van der Waals surface area contributed by atoms with E-state index in [2.05, 4.69) is 48.6 Å². The third-order valence-electron chi connectivity index (χ3n) is 6.02. The molecule has 0 spiro atoms. The first-order chi connectivity index (χ1) is 9.76. The predicted molar refractivity (Wildman–Crippen MR) is 80.9 cm³/mol. The third kappa shape index (κ3) is 2.03. The first-order valence-electron chi connectivity index (χ1n) is 7.68. The van der Waals surface area contributed by atoms with Crippen molar-refractivity contribution in [1.29, 1.82) is 0 Å². The molecule has 1 aromatic heterocycles. The molecule has 2 heterocycles. The Morgan fingerprint density at radius 3 is 2.67 bits per heavy atom. The second-order valence-corrected chi connectivity index (χ2v) is 7.46. The highest BCUT2D eigenvalue weighted by molar-refractivity contribution is 5.85. The van der Waals surface area contributed by atoms with Crippen LogP contribution in [0.4, 0.5) is 5.82 Å². The van der Waals surface area contributed by atoms with E-state index in [9.17, 15) is 4.79 Å². The minimum Gasteiger partial charge on any atom is -0.369 e. The average molecular weight is 291 g/mol. The topological polar surface area (TPSA) is 71.8 Å². The van der Waals surface area contributed by atoms with E-state index >= 15 is 0 Å². The number of amides is 1. The molecule has 1 aromatic rings. The van der Waals surface area contributed by atoms with Crippen LogP contribution in [0.5, 0.6) is 0 Å². The predicted octanol–water partition coefficient (Wildman–Crippen LogP) is 1.51. The van der Waals surface area contributed by atoms with Gasteiger partial charge in [-0.1, -0.05) is 32.9 Å². The highest BCUT2D eigenvalue weighted by Gasteiger charge is 2.64. The third-order valence-corrected chi connectivity index (χ3v) is 6.02. The molecule has 3 rings (SSSR count). The maximum atomic E-state index is 12.5. The van der Waals surface area contributed by atoms with E-state index in [0.29, 0.717) is 16.7 Å². The lowest BCUT2D eigenvalue weighted by molar-refractivity contribution is -0.122. The lowest BCUT2D eigenvalue weighted by Crippen LogP contribution is -2.35. The molecule has 116 valence electrons. The van der Waals surface area contributed by atoms with E-state index in [4.69, 9.17) is 0 Å². The number of rotatable bonds is 3. The molecule has 1 aliphatic carbocycles. The van der Waals surface area contributed by atoms with Gasteiger partial charge in [0.25, 0.3) is 0 Å². The molecule has 6 heteroatoms. The molecular weight excluding hydrogens is 266 g/mol. The van der Waals surface area contributed by atoms with E-state index in [-0.39, 0.29) is 11.8 Å². The summed E-state index contributed by atoms with van der Waals surface area (Å²) in [5.74, 6) is 1.31. The monoisotopic (exact) mass is 291 g/mol. The largest absolute Gasteiger partial charge is 0.369 e. The molecule has 1 atom stereocenters. The van der Waals surface area contributed by atoms with Crippen LogP contribution in [0.3, 0.4) is 0 Å². The zero-order chi connectivity index (χ0) is 15.4. The van der Waals surface area contributed by atoms with Crippen molar-refractivity contribution < 1.29 is 4.79 Å². The number of aryl methyl sites for hydroxylation is 1. The standard InChI is InChI=1S/C15H25N5O/c1-14(2)10(15(14,3)4)8-17-13(21)9-6-7-16-12-11(9)18-19-20(12)5/h9-10,16H,6-8H2,1-5H3,(H,17,21).